The Morgan fingerprint density at radius 2 is 1.89 bits per heavy atom. The number of benzene rings is 1. The maximum atomic E-state index is 13.5. The van der Waals surface area contributed by atoms with E-state index in [-0.39, 0.29) is 18.5 Å². The average Bonchev–Trinajstić information content (AvgIpc) is 3.66. The molecule has 0 spiro atoms. The summed E-state index contributed by atoms with van der Waals surface area (Å²) >= 11 is 0. The van der Waals surface area contributed by atoms with Gasteiger partial charge >= 0.3 is 0 Å². The van der Waals surface area contributed by atoms with E-state index < -0.39 is 0 Å². The second-order valence-electron chi connectivity index (χ2n) is 8.58. The molecule has 1 atom stereocenters. The van der Waals surface area contributed by atoms with Crippen LogP contribution < -0.4 is 0 Å². The van der Waals surface area contributed by atoms with E-state index in [1.165, 1.54) is 5.56 Å². The van der Waals surface area contributed by atoms with Crippen molar-refractivity contribution in [3.8, 4) is 11.7 Å². The maximum Gasteiger partial charge on any atom is 0.283 e. The number of amides is 1. The Balaban J connectivity index is 1.34. The quantitative estimate of drug-likeness (QED) is 0.343. The summed E-state index contributed by atoms with van der Waals surface area (Å²) in [6.45, 7) is 5.31. The van der Waals surface area contributed by atoms with Gasteiger partial charge in [0.15, 0.2) is 5.76 Å². The van der Waals surface area contributed by atoms with Gasteiger partial charge in [0.1, 0.15) is 11.8 Å². The molecule has 5 rings (SSSR count). The standard InChI is InChI=1S/C26H27N5O4/c1-3-12-30(16-24-27-28-26(35-24)23-7-5-14-34-23)17-25(32)31-21(22-6-4-13-33-22)15-20(29-31)19-10-8-18(2)9-11-19/h4-11,13-14,21H,3,12,15-17H2,1-2H3/t21-/m0/s1. The fourth-order valence-electron chi connectivity index (χ4n) is 4.17. The first-order valence-electron chi connectivity index (χ1n) is 11.7. The summed E-state index contributed by atoms with van der Waals surface area (Å²) in [6, 6.07) is 15.1. The third-order valence-electron chi connectivity index (χ3n) is 5.88. The highest BCUT2D eigenvalue weighted by Crippen LogP contribution is 2.33. The highest BCUT2D eigenvalue weighted by atomic mass is 16.4. The van der Waals surface area contributed by atoms with Gasteiger partial charge in [0, 0.05) is 6.42 Å². The number of carbonyl (C=O) groups excluding carboxylic acids is 1. The Morgan fingerprint density at radius 1 is 1.09 bits per heavy atom. The molecule has 1 amide bonds. The number of nitrogens with zero attached hydrogens (tertiary/aromatic N) is 5. The minimum absolute atomic E-state index is 0.118. The van der Waals surface area contributed by atoms with Crippen molar-refractivity contribution in [1.82, 2.24) is 20.1 Å². The van der Waals surface area contributed by atoms with Crippen LogP contribution in [0, 0.1) is 6.92 Å². The van der Waals surface area contributed by atoms with Crippen molar-refractivity contribution in [3.63, 3.8) is 0 Å². The molecular weight excluding hydrogens is 446 g/mol. The number of aryl methyl sites for hydroxylation is 1. The topological polar surface area (TPSA) is 101 Å². The maximum absolute atomic E-state index is 13.5. The Labute approximate surface area is 203 Å². The lowest BCUT2D eigenvalue weighted by Crippen LogP contribution is -2.38. The van der Waals surface area contributed by atoms with Gasteiger partial charge in [-0.25, -0.2) is 5.01 Å². The molecule has 0 radical (unpaired) electrons. The molecular formula is C26H27N5O4. The Morgan fingerprint density at radius 3 is 2.60 bits per heavy atom. The fraction of sp³-hybridized carbons (Fsp3) is 0.308. The van der Waals surface area contributed by atoms with Crippen LogP contribution in [-0.2, 0) is 11.3 Å². The zero-order valence-electron chi connectivity index (χ0n) is 19.8. The molecule has 9 nitrogen and oxygen atoms in total. The average molecular weight is 474 g/mol. The minimum atomic E-state index is -0.286. The van der Waals surface area contributed by atoms with Crippen LogP contribution in [0.3, 0.4) is 0 Å². The van der Waals surface area contributed by atoms with E-state index in [9.17, 15) is 4.79 Å². The zero-order valence-corrected chi connectivity index (χ0v) is 19.8. The summed E-state index contributed by atoms with van der Waals surface area (Å²) in [5, 5.41) is 14.5. The van der Waals surface area contributed by atoms with Gasteiger partial charge < -0.3 is 13.3 Å². The van der Waals surface area contributed by atoms with Crippen molar-refractivity contribution < 1.29 is 18.0 Å². The first-order valence-corrected chi connectivity index (χ1v) is 11.7. The molecule has 9 heteroatoms. The van der Waals surface area contributed by atoms with Crippen LogP contribution in [0.4, 0.5) is 0 Å². The molecule has 4 aromatic rings. The van der Waals surface area contributed by atoms with E-state index in [4.69, 9.17) is 18.4 Å². The van der Waals surface area contributed by atoms with Crippen LogP contribution in [0.1, 0.15) is 48.6 Å². The molecule has 180 valence electrons. The van der Waals surface area contributed by atoms with Gasteiger partial charge in [-0.3, -0.25) is 9.69 Å². The van der Waals surface area contributed by atoms with Gasteiger partial charge in [-0.1, -0.05) is 36.8 Å². The van der Waals surface area contributed by atoms with Crippen LogP contribution in [-0.4, -0.2) is 44.8 Å². The van der Waals surface area contributed by atoms with E-state index in [2.05, 4.69) is 29.3 Å². The van der Waals surface area contributed by atoms with Gasteiger partial charge in [0.2, 0.25) is 5.89 Å². The van der Waals surface area contributed by atoms with Gasteiger partial charge in [-0.05, 0) is 49.7 Å². The molecule has 0 fully saturated rings. The largest absolute Gasteiger partial charge is 0.467 e. The van der Waals surface area contributed by atoms with Crippen molar-refractivity contribution in [3.05, 3.63) is 83.8 Å². The normalized spacial score (nSPS) is 15.7. The monoisotopic (exact) mass is 473 g/mol. The molecule has 0 aliphatic carbocycles. The molecule has 1 aromatic carbocycles. The third kappa shape index (κ3) is 5.09. The van der Waals surface area contributed by atoms with Crippen molar-refractivity contribution in [2.24, 2.45) is 5.10 Å². The lowest BCUT2D eigenvalue weighted by molar-refractivity contribution is -0.134. The fourth-order valence-corrected chi connectivity index (χ4v) is 4.17. The van der Waals surface area contributed by atoms with Crippen LogP contribution in [0.2, 0.25) is 0 Å². The van der Waals surface area contributed by atoms with E-state index in [1.807, 2.05) is 36.1 Å². The number of rotatable bonds is 9. The Bertz CT molecular complexity index is 1280. The molecule has 0 saturated heterocycles. The second-order valence-corrected chi connectivity index (χ2v) is 8.58. The number of aromatic nitrogens is 2. The van der Waals surface area contributed by atoms with Crippen molar-refractivity contribution in [1.29, 1.82) is 0 Å². The van der Waals surface area contributed by atoms with Crippen molar-refractivity contribution in [2.75, 3.05) is 13.1 Å². The molecule has 0 unspecified atom stereocenters. The molecule has 0 bridgehead atoms. The van der Waals surface area contributed by atoms with E-state index >= 15 is 0 Å². The van der Waals surface area contributed by atoms with Gasteiger partial charge in [-0.2, -0.15) is 5.10 Å². The smallest absolute Gasteiger partial charge is 0.283 e. The molecule has 1 aliphatic rings. The van der Waals surface area contributed by atoms with Crippen molar-refractivity contribution in [2.45, 2.75) is 39.3 Å². The van der Waals surface area contributed by atoms with E-state index in [1.54, 1.807) is 29.7 Å². The summed E-state index contributed by atoms with van der Waals surface area (Å²) in [5.74, 6) is 1.85. The number of hydrogen-bond acceptors (Lipinski definition) is 8. The molecule has 0 saturated carbocycles. The summed E-state index contributed by atoms with van der Waals surface area (Å²) in [6.07, 6.45) is 4.63. The predicted molar refractivity (Wildman–Crippen MR) is 128 cm³/mol. The number of hydrazone groups is 1. The SMILES string of the molecule is CCCN(CC(=O)N1N=C(c2ccc(C)cc2)C[C@H]1c1ccco1)Cc1nnc(-c2ccco2)o1. The van der Waals surface area contributed by atoms with E-state index in [0.29, 0.717) is 42.8 Å². The number of furan rings is 2. The summed E-state index contributed by atoms with van der Waals surface area (Å²) in [5.41, 5.74) is 3.04. The van der Waals surface area contributed by atoms with Gasteiger partial charge in [0.25, 0.3) is 11.8 Å². The Hall–Kier alpha value is -3.98. The van der Waals surface area contributed by atoms with Crippen LogP contribution in [0.15, 0.2) is 79.4 Å². The molecule has 35 heavy (non-hydrogen) atoms. The zero-order chi connectivity index (χ0) is 24.2. The second kappa shape index (κ2) is 10.1. The summed E-state index contributed by atoms with van der Waals surface area (Å²) in [7, 11) is 0. The highest BCUT2D eigenvalue weighted by Gasteiger charge is 2.35. The van der Waals surface area contributed by atoms with Crippen LogP contribution in [0.25, 0.3) is 11.7 Å². The molecule has 0 N–H and O–H groups in total. The Kier molecular flexibility index (Phi) is 6.58. The minimum Gasteiger partial charge on any atom is -0.467 e. The molecule has 3 aromatic heterocycles. The van der Waals surface area contributed by atoms with Crippen LogP contribution >= 0.6 is 0 Å². The highest BCUT2D eigenvalue weighted by molar-refractivity contribution is 6.03. The third-order valence-corrected chi connectivity index (χ3v) is 5.88. The first-order chi connectivity index (χ1) is 17.1. The summed E-state index contributed by atoms with van der Waals surface area (Å²) in [4.78, 5) is 15.5. The predicted octanol–water partition coefficient (Wildman–Crippen LogP) is 4.82. The van der Waals surface area contributed by atoms with Crippen LogP contribution in [0.5, 0.6) is 0 Å². The summed E-state index contributed by atoms with van der Waals surface area (Å²) < 4.78 is 16.7. The number of carbonyl (C=O) groups is 1. The molecule has 4 heterocycles. The van der Waals surface area contributed by atoms with Gasteiger partial charge in [-0.15, -0.1) is 10.2 Å². The lowest BCUT2D eigenvalue weighted by Gasteiger charge is -2.24. The number of hydrogen-bond donors (Lipinski definition) is 0. The van der Waals surface area contributed by atoms with Gasteiger partial charge in [0.05, 0.1) is 31.3 Å². The van der Waals surface area contributed by atoms with E-state index in [0.717, 1.165) is 17.7 Å². The first kappa shape index (κ1) is 22.8. The molecule has 1 aliphatic heterocycles. The van der Waals surface area contributed by atoms with Crippen molar-refractivity contribution >= 4 is 11.6 Å². The lowest BCUT2D eigenvalue weighted by atomic mass is 10.0.